The van der Waals surface area contributed by atoms with Gasteiger partial charge in [0.15, 0.2) is 11.2 Å². The smallest absolute Gasteiger partial charge is 0.358 e. The zero-order chi connectivity index (χ0) is 22.8. The van der Waals surface area contributed by atoms with Gasteiger partial charge >= 0.3 is 7.60 Å². The molecular formula is C19H23N4O6PS. The summed E-state index contributed by atoms with van der Waals surface area (Å²) in [5.74, 6) is -1.37. The fourth-order valence-electron chi connectivity index (χ4n) is 3.03. The Kier molecular flexibility index (Phi) is 6.90. The van der Waals surface area contributed by atoms with E-state index in [4.69, 9.17) is 25.7 Å². The molecule has 12 heteroatoms. The Morgan fingerprint density at radius 3 is 2.58 bits per heavy atom. The van der Waals surface area contributed by atoms with E-state index in [1.807, 2.05) is 13.0 Å². The summed E-state index contributed by atoms with van der Waals surface area (Å²) < 4.78 is 31.2. The molecule has 10 nitrogen and oxygen atoms in total. The number of hydrogen-bond donors (Lipinski definition) is 2. The van der Waals surface area contributed by atoms with Gasteiger partial charge in [0.25, 0.3) is 5.56 Å². The number of nitrogens with zero attached hydrogens (tertiary/aromatic N) is 2. The Morgan fingerprint density at radius 2 is 1.94 bits per heavy atom. The minimum atomic E-state index is -4.00. The van der Waals surface area contributed by atoms with Crippen molar-refractivity contribution in [2.75, 3.05) is 18.6 Å². The van der Waals surface area contributed by atoms with Crippen molar-refractivity contribution in [2.45, 2.75) is 33.5 Å². The molecule has 0 aliphatic heterocycles. The zero-order valence-electron chi connectivity index (χ0n) is 17.5. The summed E-state index contributed by atoms with van der Waals surface area (Å²) >= 11 is 5.16. The summed E-state index contributed by atoms with van der Waals surface area (Å²) in [6.45, 7) is 6.70. The van der Waals surface area contributed by atoms with Gasteiger partial charge in [-0.15, -0.1) is 0 Å². The van der Waals surface area contributed by atoms with E-state index in [-0.39, 0.29) is 29.2 Å². The predicted molar refractivity (Wildman–Crippen MR) is 119 cm³/mol. The molecule has 0 amide bonds. The van der Waals surface area contributed by atoms with Crippen LogP contribution < -0.4 is 16.4 Å². The van der Waals surface area contributed by atoms with E-state index in [0.717, 1.165) is 10.2 Å². The van der Waals surface area contributed by atoms with Crippen molar-refractivity contribution in [3.63, 3.8) is 0 Å². The third kappa shape index (κ3) is 4.54. The SMILES string of the molecule is CCOP(=O)(OCC)C(Nn1c(=S)[nH]nc(C)c1=O)c1coc2ccc(C)cc2c1=O. The highest BCUT2D eigenvalue weighted by atomic mass is 32.1. The molecule has 3 rings (SSSR count). The van der Waals surface area contributed by atoms with Gasteiger partial charge in [0.05, 0.1) is 24.2 Å². The molecule has 2 heterocycles. The third-order valence-electron chi connectivity index (χ3n) is 4.47. The Labute approximate surface area is 182 Å². The Hall–Kier alpha value is -2.59. The maximum atomic E-state index is 13.7. The molecule has 0 aliphatic rings. The average molecular weight is 466 g/mol. The molecule has 2 N–H and O–H groups in total. The van der Waals surface area contributed by atoms with Crippen LogP contribution in [0, 0.1) is 18.6 Å². The van der Waals surface area contributed by atoms with Crippen LogP contribution in [-0.4, -0.2) is 28.1 Å². The van der Waals surface area contributed by atoms with E-state index in [2.05, 4.69) is 15.6 Å². The number of fused-ring (bicyclic) bond motifs is 1. The number of aromatic nitrogens is 3. The summed E-state index contributed by atoms with van der Waals surface area (Å²) in [7, 11) is -4.00. The van der Waals surface area contributed by atoms with Gasteiger partial charge < -0.3 is 18.9 Å². The van der Waals surface area contributed by atoms with Crippen LogP contribution in [0.2, 0.25) is 0 Å². The lowest BCUT2D eigenvalue weighted by molar-refractivity contribution is 0.212. The monoisotopic (exact) mass is 466 g/mol. The highest BCUT2D eigenvalue weighted by Crippen LogP contribution is 2.59. The van der Waals surface area contributed by atoms with Gasteiger partial charge in [0, 0.05) is 0 Å². The highest BCUT2D eigenvalue weighted by molar-refractivity contribution is 7.71. The van der Waals surface area contributed by atoms with Gasteiger partial charge in [-0.3, -0.25) is 19.3 Å². The van der Waals surface area contributed by atoms with Crippen LogP contribution in [0.1, 0.15) is 36.5 Å². The van der Waals surface area contributed by atoms with Gasteiger partial charge in [0.2, 0.25) is 4.77 Å². The minimum Gasteiger partial charge on any atom is -0.464 e. The first-order chi connectivity index (χ1) is 14.7. The second-order valence-corrected chi connectivity index (χ2v) is 9.18. The van der Waals surface area contributed by atoms with Crippen LogP contribution in [-0.2, 0) is 13.6 Å². The first kappa shape index (κ1) is 23.1. The van der Waals surface area contributed by atoms with Gasteiger partial charge in [0.1, 0.15) is 17.5 Å². The fraction of sp³-hybridized carbons (Fsp3) is 0.368. The second kappa shape index (κ2) is 9.27. The molecule has 0 aliphatic carbocycles. The predicted octanol–water partition coefficient (Wildman–Crippen LogP) is 3.53. The summed E-state index contributed by atoms with van der Waals surface area (Å²) in [5, 5.41) is 6.63. The van der Waals surface area contributed by atoms with Crippen LogP contribution in [0.4, 0.5) is 0 Å². The normalized spacial score (nSPS) is 12.8. The number of benzene rings is 1. The van der Waals surface area contributed by atoms with Crippen molar-refractivity contribution < 1.29 is 18.0 Å². The van der Waals surface area contributed by atoms with Crippen molar-refractivity contribution >= 4 is 30.8 Å². The van der Waals surface area contributed by atoms with E-state index in [1.54, 1.807) is 26.0 Å². The molecule has 1 atom stereocenters. The molecule has 0 spiro atoms. The van der Waals surface area contributed by atoms with Crippen molar-refractivity contribution in [1.82, 2.24) is 14.9 Å². The summed E-state index contributed by atoms with van der Waals surface area (Å²) in [6.07, 6.45) is 1.19. The lowest BCUT2D eigenvalue weighted by Crippen LogP contribution is -2.36. The molecule has 0 saturated carbocycles. The topological polar surface area (TPSA) is 128 Å². The molecule has 1 aromatic carbocycles. The molecule has 0 radical (unpaired) electrons. The molecule has 0 bridgehead atoms. The van der Waals surface area contributed by atoms with Crippen molar-refractivity contribution in [3.05, 3.63) is 66.6 Å². The van der Waals surface area contributed by atoms with Gasteiger partial charge in [-0.1, -0.05) is 11.6 Å². The number of rotatable bonds is 8. The lowest BCUT2D eigenvalue weighted by Gasteiger charge is -2.27. The Balaban J connectivity index is 2.28. The summed E-state index contributed by atoms with van der Waals surface area (Å²) in [6, 6.07) is 5.16. The van der Waals surface area contributed by atoms with E-state index >= 15 is 0 Å². The van der Waals surface area contributed by atoms with Gasteiger partial charge in [-0.25, -0.2) is 0 Å². The molecule has 166 valence electrons. The molecule has 2 aromatic heterocycles. The Bertz CT molecular complexity index is 1320. The van der Waals surface area contributed by atoms with Crippen LogP contribution in [0.15, 0.2) is 38.5 Å². The van der Waals surface area contributed by atoms with E-state index in [0.29, 0.717) is 11.0 Å². The van der Waals surface area contributed by atoms with Crippen LogP contribution >= 0.6 is 19.8 Å². The summed E-state index contributed by atoms with van der Waals surface area (Å²) in [5.41, 5.74) is 3.06. The van der Waals surface area contributed by atoms with Crippen LogP contribution in [0.5, 0.6) is 0 Å². The minimum absolute atomic E-state index is 0.0286. The quantitative estimate of drug-likeness (QED) is 0.378. The van der Waals surface area contributed by atoms with Gasteiger partial charge in [-0.2, -0.15) is 9.77 Å². The number of H-pyrrole nitrogens is 1. The zero-order valence-corrected chi connectivity index (χ0v) is 19.2. The lowest BCUT2D eigenvalue weighted by atomic mass is 10.1. The van der Waals surface area contributed by atoms with Crippen LogP contribution in [0.25, 0.3) is 11.0 Å². The maximum Gasteiger partial charge on any atom is 0.358 e. The van der Waals surface area contributed by atoms with Crippen molar-refractivity contribution in [2.24, 2.45) is 0 Å². The van der Waals surface area contributed by atoms with E-state index in [1.165, 1.54) is 13.2 Å². The summed E-state index contributed by atoms with van der Waals surface area (Å²) in [4.78, 5) is 26.0. The molecule has 31 heavy (non-hydrogen) atoms. The second-order valence-electron chi connectivity index (χ2n) is 6.68. The Morgan fingerprint density at radius 1 is 1.26 bits per heavy atom. The number of nitrogens with one attached hydrogen (secondary N) is 2. The standard InChI is InChI=1S/C19H23N4O6PS/c1-5-28-30(26,29-6-2)17(22-23-18(25)12(4)20-21-19(23)31)14-10-27-15-8-7-11(3)9-13(15)16(14)24/h7-10,17,22H,5-6H2,1-4H3,(H,21,31). The van der Waals surface area contributed by atoms with Crippen molar-refractivity contribution in [1.29, 1.82) is 0 Å². The first-order valence-corrected chi connectivity index (χ1v) is 11.6. The average Bonchev–Trinajstić information content (AvgIpc) is 2.73. The largest absolute Gasteiger partial charge is 0.464 e. The highest BCUT2D eigenvalue weighted by Gasteiger charge is 2.40. The first-order valence-electron chi connectivity index (χ1n) is 9.57. The fourth-order valence-corrected chi connectivity index (χ4v) is 5.08. The molecule has 1 unspecified atom stereocenters. The molecule has 3 aromatic rings. The van der Waals surface area contributed by atoms with E-state index < -0.39 is 24.4 Å². The van der Waals surface area contributed by atoms with Gasteiger partial charge in [-0.05, 0) is 52.0 Å². The maximum absolute atomic E-state index is 13.7. The van der Waals surface area contributed by atoms with E-state index in [9.17, 15) is 14.2 Å². The van der Waals surface area contributed by atoms with Crippen LogP contribution in [0.3, 0.4) is 0 Å². The number of hydrogen-bond acceptors (Lipinski definition) is 9. The third-order valence-corrected chi connectivity index (χ3v) is 7.01. The molecule has 0 saturated heterocycles. The van der Waals surface area contributed by atoms with Crippen molar-refractivity contribution in [3.8, 4) is 0 Å². The molecule has 0 fully saturated rings. The number of aromatic amines is 1. The number of aryl methyl sites for hydroxylation is 2. The molecular weight excluding hydrogens is 443 g/mol.